The Balaban J connectivity index is 0.00000167. The summed E-state index contributed by atoms with van der Waals surface area (Å²) >= 11 is 0. The van der Waals surface area contributed by atoms with Gasteiger partial charge >= 0.3 is 12.2 Å². The van der Waals surface area contributed by atoms with Crippen LogP contribution in [0.1, 0.15) is 154 Å². The fourth-order valence-electron chi connectivity index (χ4n) is 11.0. The quantitative estimate of drug-likeness (QED) is 0.0417. The second-order valence-electron chi connectivity index (χ2n) is 28.9. The second-order valence-corrected chi connectivity index (χ2v) is 28.9. The van der Waals surface area contributed by atoms with Crippen LogP contribution < -0.4 is 32.3 Å². The molecule has 0 unspecified atom stereocenters. The predicted molar refractivity (Wildman–Crippen MR) is 366 cm³/mol. The number of carbonyl (C=O) groups is 10. The van der Waals surface area contributed by atoms with Crippen molar-refractivity contribution in [1.82, 2.24) is 46.2 Å². The summed E-state index contributed by atoms with van der Waals surface area (Å²) in [4.78, 5) is 145. The van der Waals surface area contributed by atoms with E-state index in [9.17, 15) is 47.9 Å². The van der Waals surface area contributed by atoms with Crippen LogP contribution >= 0.6 is 0 Å². The van der Waals surface area contributed by atoms with Crippen molar-refractivity contribution < 1.29 is 57.4 Å². The summed E-state index contributed by atoms with van der Waals surface area (Å²) < 4.78 is 11.0. The van der Waals surface area contributed by atoms with Crippen LogP contribution in [0.3, 0.4) is 0 Å². The van der Waals surface area contributed by atoms with Gasteiger partial charge in [-0.2, -0.15) is 0 Å². The van der Waals surface area contributed by atoms with E-state index in [1.807, 2.05) is 99.6 Å². The molecule has 0 aliphatic carbocycles. The van der Waals surface area contributed by atoms with Crippen LogP contribution in [0.15, 0.2) is 115 Å². The molecule has 0 bridgehead atoms. The second kappa shape index (κ2) is 34.1. The average molecular weight is 1310 g/mol. The number of likely N-dealkylation sites (tertiary alicyclic amines) is 2. The Morgan fingerprint density at radius 1 is 0.516 bits per heavy atom. The molecule has 0 spiro atoms. The largest absolute Gasteiger partial charge is 0.444 e. The summed E-state index contributed by atoms with van der Waals surface area (Å²) in [5, 5.41) is 14.7. The van der Waals surface area contributed by atoms with Crippen LogP contribution in [-0.2, 0) is 57.5 Å². The highest BCUT2D eigenvalue weighted by atomic mass is 16.6. The number of hydrogen-bond donors (Lipinski definition) is 6. The lowest BCUT2D eigenvalue weighted by Crippen LogP contribution is -2.60. The number of carbonyl (C=O) groups excluding carboxylic acids is 10. The fourth-order valence-corrected chi connectivity index (χ4v) is 11.0. The Morgan fingerprint density at radius 2 is 0.884 bits per heavy atom. The highest BCUT2D eigenvalue weighted by Crippen LogP contribution is 2.35. The summed E-state index contributed by atoms with van der Waals surface area (Å²) in [6.07, 6.45) is 0.511. The van der Waals surface area contributed by atoms with Crippen LogP contribution in [0.4, 0.5) is 9.59 Å². The van der Waals surface area contributed by atoms with Crippen molar-refractivity contribution in [2.45, 2.75) is 189 Å². The molecule has 518 valence electrons. The molecular formula is C73H104N10O12. The van der Waals surface area contributed by atoms with Gasteiger partial charge in [-0.05, 0) is 146 Å². The zero-order chi connectivity index (χ0) is 70.8. The maximum atomic E-state index is 14.8. The van der Waals surface area contributed by atoms with Crippen molar-refractivity contribution >= 4 is 59.3 Å². The minimum absolute atomic E-state index is 0.0437. The molecule has 95 heavy (non-hydrogen) atoms. The van der Waals surface area contributed by atoms with Crippen molar-refractivity contribution in [3.8, 4) is 0 Å². The van der Waals surface area contributed by atoms with Crippen molar-refractivity contribution in [3.05, 3.63) is 143 Å². The average Bonchev–Trinajstić information content (AvgIpc) is 1.70. The molecule has 2 fully saturated rings. The molecule has 0 radical (unpaired) electrons. The molecular weight excluding hydrogens is 1210 g/mol. The molecule has 4 aromatic rings. The third kappa shape index (κ3) is 23.6. The molecule has 22 nitrogen and oxygen atoms in total. The summed E-state index contributed by atoms with van der Waals surface area (Å²) in [6, 6.07) is 28.7. The number of benzene rings is 4. The number of nitrogens with one attached hydrogen (secondary N) is 5. The monoisotopic (exact) mass is 1310 g/mol. The molecule has 6 rings (SSSR count). The molecule has 8 atom stereocenters. The number of likely N-dealkylation sites (N-methyl/N-ethyl adjacent to an activating group) is 2. The van der Waals surface area contributed by atoms with Crippen molar-refractivity contribution in [1.29, 1.82) is 0 Å². The minimum Gasteiger partial charge on any atom is -0.444 e. The van der Waals surface area contributed by atoms with Gasteiger partial charge in [0.15, 0.2) is 5.78 Å². The van der Waals surface area contributed by atoms with Gasteiger partial charge in [0.2, 0.25) is 29.5 Å². The van der Waals surface area contributed by atoms with E-state index in [0.717, 1.165) is 29.0 Å². The lowest BCUT2D eigenvalue weighted by atomic mass is 9.76. The van der Waals surface area contributed by atoms with Gasteiger partial charge in [-0.25, -0.2) is 9.59 Å². The number of ketones is 1. The zero-order valence-electron chi connectivity index (χ0n) is 58.6. The van der Waals surface area contributed by atoms with Gasteiger partial charge < -0.3 is 56.5 Å². The molecule has 2 aliphatic heterocycles. The molecule has 7 N–H and O–H groups in total. The first-order chi connectivity index (χ1) is 44.4. The molecule has 9 amide bonds. The fraction of sp³-hybridized carbons (Fsp3) is 0.534. The lowest BCUT2D eigenvalue weighted by molar-refractivity contribution is -0.146. The summed E-state index contributed by atoms with van der Waals surface area (Å²) in [5.74, 6) is -4.84. The number of hydrogen-bond acceptors (Lipinski definition) is 13. The standard InChI is InChI=1S/C65H93N9O12.C8H11N/c1-40(71(15)60(83)85-64(9,10)11)51(75)37-48(62(3,4)5)58(81)73-38-46(35-49(73)56(79)66-33-31-42-23-19-17-20-24-42)68-54(77)44-27-29-45(30-28-44)55(78)69-47-36-50(57(80)67-34-32-43-25-21-18-22-26-43)74(39-47)59(82)52(63(6,7)8)70-53(76)41(2)72(16)61(84)86-65(12,13)14;9-7-6-8-4-2-1-3-5-8/h17-30,40-41,46-50,52H,31-39H2,1-16H3,(H,66,79)(H,67,80)(H,68,77)(H,69,78)(H,70,76);1-5H,6-7,9H2/t40-,41-,46-,47-,48+,49-,50-,52+;/m0./s1. The lowest BCUT2D eigenvalue weighted by Gasteiger charge is -2.36. The molecule has 0 saturated carbocycles. The van der Waals surface area contributed by atoms with Gasteiger partial charge in [-0.3, -0.25) is 43.3 Å². The zero-order valence-corrected chi connectivity index (χ0v) is 58.6. The number of nitrogens with two attached hydrogens (primary N) is 1. The van der Waals surface area contributed by atoms with Gasteiger partial charge in [0.1, 0.15) is 35.4 Å². The highest BCUT2D eigenvalue weighted by molar-refractivity contribution is 5.99. The van der Waals surface area contributed by atoms with Crippen LogP contribution in [0.25, 0.3) is 0 Å². The van der Waals surface area contributed by atoms with Gasteiger partial charge in [-0.1, -0.05) is 133 Å². The molecule has 4 aromatic carbocycles. The Bertz CT molecular complexity index is 3050. The van der Waals surface area contributed by atoms with Crippen molar-refractivity contribution in [3.63, 3.8) is 0 Å². The summed E-state index contributed by atoms with van der Waals surface area (Å²) in [5.41, 5.74) is 5.77. The SMILES string of the molecule is C[C@@H](C(=O)C[C@H](C(=O)N1C[C@@H](NC(=O)c2ccc(C(=O)N[C@H]3C[C@@H](C(=O)NCCc4ccccc4)N(C(=O)[C@@H](NC(=O)[C@H](C)N(C)C(=O)OC(C)(C)C)C(C)(C)C)C3)cc2)C[C@H]1C(=O)NCCc1ccccc1)C(C)(C)C)N(C)C(=O)OC(C)(C)C.NCCc1ccccc1. The smallest absolute Gasteiger partial charge is 0.410 e. The first kappa shape index (κ1) is 77.0. The molecule has 2 heterocycles. The van der Waals surface area contributed by atoms with Crippen LogP contribution in [0, 0.1) is 16.7 Å². The molecule has 0 aromatic heterocycles. The first-order valence-electron chi connectivity index (χ1n) is 32.8. The Morgan fingerprint density at radius 3 is 1.24 bits per heavy atom. The van der Waals surface area contributed by atoms with E-state index >= 15 is 0 Å². The van der Waals surface area contributed by atoms with Crippen molar-refractivity contribution in [2.24, 2.45) is 22.5 Å². The normalized spacial score (nSPS) is 17.7. The maximum Gasteiger partial charge on any atom is 0.410 e. The Labute approximate surface area is 561 Å². The van der Waals surface area contributed by atoms with Crippen LogP contribution in [0.5, 0.6) is 0 Å². The summed E-state index contributed by atoms with van der Waals surface area (Å²) in [6.45, 7) is 25.4. The molecule has 22 heteroatoms. The third-order valence-corrected chi connectivity index (χ3v) is 16.8. The van der Waals surface area contributed by atoms with E-state index in [1.54, 1.807) is 69.2 Å². The number of Topliss-reactive ketones (excluding diaryl/α,β-unsaturated/α-hetero) is 1. The van der Waals surface area contributed by atoms with E-state index in [0.29, 0.717) is 12.8 Å². The molecule has 2 aliphatic rings. The van der Waals surface area contributed by atoms with Gasteiger partial charge in [-0.15, -0.1) is 0 Å². The van der Waals surface area contributed by atoms with E-state index in [4.69, 9.17) is 15.2 Å². The van der Waals surface area contributed by atoms with E-state index in [-0.39, 0.29) is 62.4 Å². The van der Waals surface area contributed by atoms with Gasteiger partial charge in [0.05, 0.1) is 6.04 Å². The first-order valence-corrected chi connectivity index (χ1v) is 32.8. The summed E-state index contributed by atoms with van der Waals surface area (Å²) in [7, 11) is 2.89. The number of nitrogens with zero attached hydrogens (tertiary/aromatic N) is 4. The van der Waals surface area contributed by atoms with Crippen molar-refractivity contribution in [2.75, 3.05) is 46.8 Å². The van der Waals surface area contributed by atoms with Gasteiger partial charge in [0.25, 0.3) is 11.8 Å². The minimum atomic E-state index is -1.16. The maximum absolute atomic E-state index is 14.8. The number of amides is 9. The van der Waals surface area contributed by atoms with E-state index in [1.165, 1.54) is 65.5 Å². The number of ether oxygens (including phenoxy) is 2. The molecule has 2 saturated heterocycles. The predicted octanol–water partition coefficient (Wildman–Crippen LogP) is 7.65. The highest BCUT2D eigenvalue weighted by Gasteiger charge is 2.48. The number of rotatable bonds is 23. The van der Waals surface area contributed by atoms with Crippen LogP contribution in [-0.4, -0.2) is 179 Å². The Hall–Kier alpha value is -8.66. The Kier molecular flexibility index (Phi) is 27.7. The van der Waals surface area contributed by atoms with Crippen LogP contribution in [0.2, 0.25) is 0 Å². The third-order valence-electron chi connectivity index (χ3n) is 16.8. The topological polar surface area (TPSA) is 288 Å². The van der Waals surface area contributed by atoms with E-state index < -0.39 is 124 Å². The van der Waals surface area contributed by atoms with Gasteiger partial charge in [0, 0.05) is 75.8 Å². The van der Waals surface area contributed by atoms with E-state index in [2.05, 4.69) is 38.7 Å².